The molecule has 0 amide bonds. The zero-order valence-electron chi connectivity index (χ0n) is 15.3. The molecule has 4 rings (SSSR count). The van der Waals surface area contributed by atoms with Crippen LogP contribution in [0.25, 0.3) is 0 Å². The molecule has 0 bridgehead atoms. The molecule has 6 heteroatoms. The first-order chi connectivity index (χ1) is 13.7. The summed E-state index contributed by atoms with van der Waals surface area (Å²) in [7, 11) is 0. The van der Waals surface area contributed by atoms with Crippen molar-refractivity contribution in [1.82, 2.24) is 4.98 Å². The highest BCUT2D eigenvalue weighted by molar-refractivity contribution is 5.86. The number of hydrogen-bond donors (Lipinski definition) is 2. The largest absolute Gasteiger partial charge is 0.485 e. The van der Waals surface area contributed by atoms with Crippen LogP contribution in [0.2, 0.25) is 0 Å². The number of ether oxygens (including phenoxy) is 2. The smallest absolute Gasteiger partial charge is 0.191 e. The van der Waals surface area contributed by atoms with E-state index in [2.05, 4.69) is 10.3 Å². The number of benzene rings is 2. The number of fused-ring (bicyclic) bond motifs is 1. The lowest BCUT2D eigenvalue weighted by Gasteiger charge is -2.25. The molecule has 2 heterocycles. The molecule has 142 valence electrons. The van der Waals surface area contributed by atoms with E-state index in [-0.39, 0.29) is 12.4 Å². The normalized spacial score (nSPS) is 15.1. The van der Waals surface area contributed by atoms with Crippen LogP contribution in [0.3, 0.4) is 0 Å². The molecule has 2 aromatic carbocycles. The Morgan fingerprint density at radius 1 is 1.07 bits per heavy atom. The van der Waals surface area contributed by atoms with Crippen LogP contribution in [0, 0.1) is 0 Å². The summed E-state index contributed by atoms with van der Waals surface area (Å²) in [6.07, 6.45) is 1.35. The number of ketones is 1. The maximum Gasteiger partial charge on any atom is 0.191 e. The van der Waals surface area contributed by atoms with E-state index < -0.39 is 6.10 Å². The van der Waals surface area contributed by atoms with Crippen LogP contribution in [0.4, 0.5) is 11.5 Å². The quantitative estimate of drug-likeness (QED) is 0.688. The van der Waals surface area contributed by atoms with E-state index >= 15 is 0 Å². The van der Waals surface area contributed by atoms with Gasteiger partial charge in [-0.15, -0.1) is 0 Å². The van der Waals surface area contributed by atoms with Crippen molar-refractivity contribution in [2.45, 2.75) is 19.1 Å². The average molecular weight is 375 g/mol. The molecular formula is C22H21N3O3. The number of nitrogens with one attached hydrogen (secondary N) is 1. The molecule has 0 fully saturated rings. The van der Waals surface area contributed by atoms with Crippen molar-refractivity contribution in [1.29, 1.82) is 0 Å². The minimum atomic E-state index is -0.591. The van der Waals surface area contributed by atoms with Gasteiger partial charge in [-0.25, -0.2) is 4.98 Å². The van der Waals surface area contributed by atoms with Gasteiger partial charge in [-0.2, -0.15) is 0 Å². The number of carbonyl (C=O) groups excluding carboxylic acids is 1. The Balaban J connectivity index is 1.38. The number of nitrogen functional groups attached to an aromatic ring is 1. The van der Waals surface area contributed by atoms with Crippen molar-refractivity contribution in [3.05, 3.63) is 78.0 Å². The summed E-state index contributed by atoms with van der Waals surface area (Å²) >= 11 is 0. The second-order valence-corrected chi connectivity index (χ2v) is 6.62. The molecule has 1 aromatic heterocycles. The van der Waals surface area contributed by atoms with E-state index in [1.165, 1.54) is 0 Å². The average Bonchev–Trinajstić information content (AvgIpc) is 2.73. The molecule has 1 aliphatic heterocycles. The summed E-state index contributed by atoms with van der Waals surface area (Å²) < 4.78 is 11.5. The number of nitrogens with zero attached hydrogens (tertiary/aromatic N) is 1. The number of carbonyl (C=O) groups is 1. The predicted molar refractivity (Wildman–Crippen MR) is 107 cm³/mol. The highest BCUT2D eigenvalue weighted by atomic mass is 16.6. The molecular weight excluding hydrogens is 354 g/mol. The van der Waals surface area contributed by atoms with E-state index in [9.17, 15) is 4.79 Å². The van der Waals surface area contributed by atoms with Gasteiger partial charge in [0, 0.05) is 19.2 Å². The van der Waals surface area contributed by atoms with E-state index in [1.807, 2.05) is 60.7 Å². The van der Waals surface area contributed by atoms with Gasteiger partial charge in [-0.1, -0.05) is 36.4 Å². The lowest BCUT2D eigenvalue weighted by Crippen LogP contribution is -2.37. The number of anilines is 2. The van der Waals surface area contributed by atoms with Crippen LogP contribution in [-0.2, 0) is 17.8 Å². The summed E-state index contributed by atoms with van der Waals surface area (Å²) in [5.41, 5.74) is 8.63. The van der Waals surface area contributed by atoms with E-state index in [1.54, 1.807) is 6.20 Å². The van der Waals surface area contributed by atoms with Crippen LogP contribution in [0.5, 0.6) is 11.5 Å². The summed E-state index contributed by atoms with van der Waals surface area (Å²) in [5, 5.41) is 3.27. The molecule has 1 atom stereocenters. The topological polar surface area (TPSA) is 86.5 Å². The van der Waals surface area contributed by atoms with Crippen molar-refractivity contribution < 1.29 is 14.3 Å². The van der Waals surface area contributed by atoms with E-state index in [0.717, 1.165) is 16.8 Å². The fraction of sp³-hybridized carbons (Fsp3) is 0.182. The van der Waals surface area contributed by atoms with Crippen molar-refractivity contribution >= 4 is 17.3 Å². The summed E-state index contributed by atoms with van der Waals surface area (Å²) in [4.78, 5) is 16.7. The van der Waals surface area contributed by atoms with Gasteiger partial charge >= 0.3 is 0 Å². The van der Waals surface area contributed by atoms with Crippen molar-refractivity contribution in [2.75, 3.05) is 17.7 Å². The molecule has 0 aliphatic carbocycles. The molecule has 28 heavy (non-hydrogen) atoms. The molecule has 0 saturated carbocycles. The zero-order valence-corrected chi connectivity index (χ0v) is 15.3. The van der Waals surface area contributed by atoms with Gasteiger partial charge in [-0.3, -0.25) is 4.79 Å². The van der Waals surface area contributed by atoms with Gasteiger partial charge in [0.25, 0.3) is 0 Å². The van der Waals surface area contributed by atoms with E-state index in [0.29, 0.717) is 30.3 Å². The standard InChI is InChI=1S/C22H21N3O3/c23-22-17(7-4-10-24-22)25-13-16-6-3-5-15(11-16)12-18(26)21-14-27-19-8-1-2-9-20(19)28-21/h1-11,21,25H,12-14H2,(H2,23,24). The highest BCUT2D eigenvalue weighted by Crippen LogP contribution is 2.31. The molecule has 1 unspecified atom stereocenters. The third kappa shape index (κ3) is 4.06. The SMILES string of the molecule is Nc1ncccc1NCc1cccc(CC(=O)C2COc3ccccc3O2)c1. The third-order valence-corrected chi connectivity index (χ3v) is 4.56. The van der Waals surface area contributed by atoms with Crippen LogP contribution in [-0.4, -0.2) is 23.5 Å². The first-order valence-electron chi connectivity index (χ1n) is 9.12. The molecule has 3 N–H and O–H groups in total. The fourth-order valence-corrected chi connectivity index (χ4v) is 3.11. The number of nitrogens with two attached hydrogens (primary N) is 1. The predicted octanol–water partition coefficient (Wildman–Crippen LogP) is 3.23. The van der Waals surface area contributed by atoms with Crippen molar-refractivity contribution in [2.24, 2.45) is 0 Å². The van der Waals surface area contributed by atoms with Crippen LogP contribution >= 0.6 is 0 Å². The minimum absolute atomic E-state index is 0.00360. The first-order valence-corrected chi connectivity index (χ1v) is 9.12. The van der Waals surface area contributed by atoms with Crippen molar-refractivity contribution in [3.63, 3.8) is 0 Å². The zero-order chi connectivity index (χ0) is 19.3. The Labute approximate surface area is 163 Å². The second-order valence-electron chi connectivity index (χ2n) is 6.62. The summed E-state index contributed by atoms with van der Waals surface area (Å²) in [6.45, 7) is 0.825. The van der Waals surface area contributed by atoms with Crippen molar-refractivity contribution in [3.8, 4) is 11.5 Å². The van der Waals surface area contributed by atoms with Crippen LogP contribution in [0.15, 0.2) is 66.9 Å². The Kier molecular flexibility index (Phi) is 5.10. The summed E-state index contributed by atoms with van der Waals surface area (Å²) in [6, 6.07) is 19.0. The highest BCUT2D eigenvalue weighted by Gasteiger charge is 2.27. The van der Waals surface area contributed by atoms with Crippen LogP contribution < -0.4 is 20.5 Å². The lowest BCUT2D eigenvalue weighted by atomic mass is 10.0. The van der Waals surface area contributed by atoms with E-state index in [4.69, 9.17) is 15.2 Å². The van der Waals surface area contributed by atoms with Gasteiger partial charge in [0.05, 0.1) is 5.69 Å². The molecule has 0 saturated heterocycles. The molecule has 0 spiro atoms. The van der Waals surface area contributed by atoms with Gasteiger partial charge in [-0.05, 0) is 35.4 Å². The third-order valence-electron chi connectivity index (χ3n) is 4.56. The Bertz CT molecular complexity index is 990. The second kappa shape index (κ2) is 8.00. The summed E-state index contributed by atoms with van der Waals surface area (Å²) in [5.74, 6) is 1.74. The first kappa shape index (κ1) is 17.9. The van der Waals surface area contributed by atoms with Gasteiger partial charge < -0.3 is 20.5 Å². The van der Waals surface area contributed by atoms with Gasteiger partial charge in [0.15, 0.2) is 23.4 Å². The number of rotatable bonds is 6. The monoisotopic (exact) mass is 375 g/mol. The van der Waals surface area contributed by atoms with Crippen LogP contribution in [0.1, 0.15) is 11.1 Å². The number of Topliss-reactive ketones (excluding diaryl/α,β-unsaturated/α-hetero) is 1. The molecule has 1 aliphatic rings. The van der Waals surface area contributed by atoms with Gasteiger partial charge in [0.2, 0.25) is 0 Å². The Morgan fingerprint density at radius 3 is 2.75 bits per heavy atom. The molecule has 6 nitrogen and oxygen atoms in total. The molecule has 3 aromatic rings. The Hall–Kier alpha value is -3.54. The maximum atomic E-state index is 12.7. The minimum Gasteiger partial charge on any atom is -0.485 e. The lowest BCUT2D eigenvalue weighted by molar-refractivity contribution is -0.127. The molecule has 0 radical (unpaired) electrons. The number of pyridine rings is 1. The maximum absolute atomic E-state index is 12.7. The fourth-order valence-electron chi connectivity index (χ4n) is 3.11. The number of aromatic nitrogens is 1. The van der Waals surface area contributed by atoms with Gasteiger partial charge in [0.1, 0.15) is 12.4 Å². The number of para-hydroxylation sites is 2. The Morgan fingerprint density at radius 2 is 1.89 bits per heavy atom. The number of hydrogen-bond acceptors (Lipinski definition) is 6.